The van der Waals surface area contributed by atoms with Gasteiger partial charge in [0.2, 0.25) is 0 Å². The maximum absolute atomic E-state index is 12.7. The number of nitrogens with zero attached hydrogens (tertiary/aromatic N) is 2. The summed E-state index contributed by atoms with van der Waals surface area (Å²) in [6.45, 7) is 1.79. The normalized spacial score (nSPS) is 16.1. The van der Waals surface area contributed by atoms with Crippen LogP contribution in [0.1, 0.15) is 23.2 Å². The second kappa shape index (κ2) is 8.00. The molecule has 1 saturated heterocycles. The van der Waals surface area contributed by atoms with Crippen LogP contribution in [-0.4, -0.2) is 37.2 Å². The van der Waals surface area contributed by atoms with Gasteiger partial charge in [0, 0.05) is 11.5 Å². The lowest BCUT2D eigenvalue weighted by molar-refractivity contribution is -0.274. The molecule has 0 N–H and O–H groups in total. The van der Waals surface area contributed by atoms with Gasteiger partial charge in [-0.3, -0.25) is 4.79 Å². The van der Waals surface area contributed by atoms with Crippen molar-refractivity contribution in [3.8, 4) is 5.75 Å². The molecule has 1 heterocycles. The zero-order chi connectivity index (χ0) is 19.4. The van der Waals surface area contributed by atoms with Crippen molar-refractivity contribution in [2.75, 3.05) is 20.1 Å². The van der Waals surface area contributed by atoms with Crippen LogP contribution in [-0.2, 0) is 0 Å². The van der Waals surface area contributed by atoms with E-state index in [1.807, 2.05) is 7.05 Å². The fraction of sp³-hybridized carbons (Fsp3) is 0.350. The van der Waals surface area contributed by atoms with Crippen LogP contribution in [0.4, 0.5) is 24.5 Å². The monoisotopic (exact) mass is 377 g/mol. The largest absolute Gasteiger partial charge is 0.658 e. The van der Waals surface area contributed by atoms with E-state index in [1.54, 1.807) is 30.3 Å². The molecule has 0 bridgehead atoms. The highest BCUT2D eigenvalue weighted by Crippen LogP contribution is 2.34. The Labute approximate surface area is 155 Å². The molecule has 0 aliphatic carbocycles. The third-order valence-electron chi connectivity index (χ3n) is 4.53. The predicted molar refractivity (Wildman–Crippen MR) is 96.8 cm³/mol. The van der Waals surface area contributed by atoms with Gasteiger partial charge in [0.1, 0.15) is 5.75 Å². The molecule has 0 atom stereocenters. The van der Waals surface area contributed by atoms with Gasteiger partial charge in [0.05, 0.1) is 0 Å². The first-order valence-corrected chi connectivity index (χ1v) is 8.70. The van der Waals surface area contributed by atoms with Crippen molar-refractivity contribution in [1.82, 2.24) is 4.90 Å². The first-order valence-electron chi connectivity index (χ1n) is 8.70. The smallest absolute Gasteiger partial charge is 0.573 e. The lowest BCUT2D eigenvalue weighted by Gasteiger charge is -2.28. The maximum atomic E-state index is 12.7. The molecule has 0 saturated carbocycles. The van der Waals surface area contributed by atoms with Crippen molar-refractivity contribution >= 4 is 17.2 Å². The van der Waals surface area contributed by atoms with Crippen LogP contribution in [0.2, 0.25) is 0 Å². The van der Waals surface area contributed by atoms with Gasteiger partial charge in [-0.25, -0.2) is 0 Å². The van der Waals surface area contributed by atoms with Gasteiger partial charge in [-0.2, -0.15) is 0 Å². The molecule has 1 aliphatic heterocycles. The highest BCUT2D eigenvalue weighted by atomic mass is 19.4. The number of piperidine rings is 1. The number of benzene rings is 2. The topological polar surface area (TPSA) is 43.6 Å². The lowest BCUT2D eigenvalue weighted by Crippen LogP contribution is -2.33. The fourth-order valence-electron chi connectivity index (χ4n) is 3.13. The molecule has 2 aromatic rings. The molecule has 4 nitrogen and oxygen atoms in total. The summed E-state index contributed by atoms with van der Waals surface area (Å²) in [4.78, 5) is 14.9. The second-order valence-corrected chi connectivity index (χ2v) is 6.65. The van der Waals surface area contributed by atoms with E-state index in [1.165, 1.54) is 18.2 Å². The van der Waals surface area contributed by atoms with E-state index in [0.29, 0.717) is 16.9 Å². The zero-order valence-corrected chi connectivity index (χ0v) is 14.9. The molecule has 0 amide bonds. The molecule has 2 aromatic carbocycles. The predicted octanol–water partition coefficient (Wildman–Crippen LogP) is 5.45. The summed E-state index contributed by atoms with van der Waals surface area (Å²) in [7, 11) is 2.04. The van der Waals surface area contributed by atoms with E-state index in [2.05, 4.69) is 15.0 Å². The number of alkyl halides is 3. The molecule has 0 aromatic heterocycles. The SMILES string of the molecule is CN1CCC(C(=O)c2cccc([N-]c3cccc(OC(F)(F)F)c3)c2)CC1. The van der Waals surface area contributed by atoms with Crippen LogP contribution in [0, 0.1) is 5.92 Å². The third-order valence-corrected chi connectivity index (χ3v) is 4.53. The molecule has 1 fully saturated rings. The Morgan fingerprint density at radius 2 is 1.70 bits per heavy atom. The molecule has 0 radical (unpaired) electrons. The highest BCUT2D eigenvalue weighted by molar-refractivity contribution is 5.99. The summed E-state index contributed by atoms with van der Waals surface area (Å²) in [6.07, 6.45) is -3.10. The number of Topliss-reactive ketones (excluding diaryl/α,β-unsaturated/α-hetero) is 1. The molecule has 0 unspecified atom stereocenters. The van der Waals surface area contributed by atoms with Crippen molar-refractivity contribution < 1.29 is 22.7 Å². The van der Waals surface area contributed by atoms with Crippen molar-refractivity contribution in [3.05, 3.63) is 59.4 Å². The Morgan fingerprint density at radius 1 is 1.07 bits per heavy atom. The van der Waals surface area contributed by atoms with Crippen molar-refractivity contribution in [3.63, 3.8) is 0 Å². The Bertz CT molecular complexity index is 800. The Hall–Kier alpha value is -2.54. The zero-order valence-electron chi connectivity index (χ0n) is 14.9. The molecule has 0 spiro atoms. The number of likely N-dealkylation sites (tertiary alicyclic amines) is 1. The summed E-state index contributed by atoms with van der Waals surface area (Å²) < 4.78 is 41.0. The number of hydrogen-bond donors (Lipinski definition) is 0. The van der Waals surface area contributed by atoms with E-state index in [0.717, 1.165) is 25.9 Å². The highest BCUT2D eigenvalue weighted by Gasteiger charge is 2.30. The minimum atomic E-state index is -4.75. The molecule has 1 aliphatic rings. The van der Waals surface area contributed by atoms with Gasteiger partial charge < -0.3 is 15.0 Å². The number of halogens is 3. The summed E-state index contributed by atoms with van der Waals surface area (Å²) in [5.41, 5.74) is 1.41. The second-order valence-electron chi connectivity index (χ2n) is 6.65. The fourth-order valence-corrected chi connectivity index (χ4v) is 3.13. The van der Waals surface area contributed by atoms with Crippen molar-refractivity contribution in [2.45, 2.75) is 19.2 Å². The van der Waals surface area contributed by atoms with Crippen LogP contribution < -0.4 is 4.74 Å². The average Bonchev–Trinajstić information content (AvgIpc) is 2.61. The van der Waals surface area contributed by atoms with E-state index >= 15 is 0 Å². The number of ketones is 1. The first-order chi connectivity index (χ1) is 12.8. The molecule has 144 valence electrons. The maximum Gasteiger partial charge on any atom is 0.573 e. The quantitative estimate of drug-likeness (QED) is 0.651. The molecule has 3 rings (SSSR count). The summed E-state index contributed by atoms with van der Waals surface area (Å²) >= 11 is 0. The molecular weight excluding hydrogens is 357 g/mol. The van der Waals surface area contributed by atoms with Crippen LogP contribution in [0.5, 0.6) is 5.75 Å². The van der Waals surface area contributed by atoms with Crippen molar-refractivity contribution in [1.29, 1.82) is 0 Å². The van der Waals surface area contributed by atoms with Crippen LogP contribution in [0.3, 0.4) is 0 Å². The van der Waals surface area contributed by atoms with Crippen molar-refractivity contribution in [2.24, 2.45) is 5.92 Å². The number of ether oxygens (including phenoxy) is 1. The van der Waals surface area contributed by atoms with Gasteiger partial charge in [-0.1, -0.05) is 36.4 Å². The number of carbonyl (C=O) groups is 1. The summed E-state index contributed by atoms with van der Waals surface area (Å²) in [5, 5.41) is 4.32. The summed E-state index contributed by atoms with van der Waals surface area (Å²) in [5.74, 6) is -0.239. The van der Waals surface area contributed by atoms with Gasteiger partial charge in [0.15, 0.2) is 5.78 Å². The van der Waals surface area contributed by atoms with Gasteiger partial charge >= 0.3 is 6.36 Å². The molecule has 27 heavy (non-hydrogen) atoms. The third kappa shape index (κ3) is 5.47. The lowest BCUT2D eigenvalue weighted by atomic mass is 9.89. The molecular formula is C20H20F3N2O2-. The molecule has 7 heteroatoms. The Morgan fingerprint density at radius 3 is 2.37 bits per heavy atom. The first kappa shape index (κ1) is 19.2. The van der Waals surface area contributed by atoms with E-state index < -0.39 is 6.36 Å². The van der Waals surface area contributed by atoms with Crippen LogP contribution >= 0.6 is 0 Å². The van der Waals surface area contributed by atoms with Gasteiger partial charge in [-0.15, -0.1) is 24.5 Å². The van der Waals surface area contributed by atoms with E-state index in [9.17, 15) is 18.0 Å². The van der Waals surface area contributed by atoms with Crippen LogP contribution in [0.15, 0.2) is 48.5 Å². The minimum Gasteiger partial charge on any atom is -0.658 e. The number of hydrogen-bond acceptors (Lipinski definition) is 3. The average molecular weight is 377 g/mol. The Kier molecular flexibility index (Phi) is 5.70. The van der Waals surface area contributed by atoms with Gasteiger partial charge in [-0.05, 0) is 45.1 Å². The van der Waals surface area contributed by atoms with Crippen LogP contribution in [0.25, 0.3) is 5.32 Å². The number of carbonyl (C=O) groups excluding carboxylic acids is 1. The van der Waals surface area contributed by atoms with E-state index in [4.69, 9.17) is 0 Å². The van der Waals surface area contributed by atoms with E-state index in [-0.39, 0.29) is 17.5 Å². The summed E-state index contributed by atoms with van der Waals surface area (Å²) in [6, 6.07) is 12.3. The van der Waals surface area contributed by atoms with Gasteiger partial charge in [0.25, 0.3) is 0 Å². The Balaban J connectivity index is 1.71. The number of rotatable bonds is 5. The minimum absolute atomic E-state index is 0.0000338. The standard InChI is InChI=1S/C20H20F3N2O2/c1-25-10-8-14(9-11-25)19(26)15-4-2-5-16(12-15)24-17-6-3-7-18(13-17)27-20(21,22)23/h2-7,12-14H,8-11H2,1H3/q-1.